The lowest BCUT2D eigenvalue weighted by Gasteiger charge is -2.27. The molecule has 0 radical (unpaired) electrons. The van der Waals surface area contributed by atoms with Gasteiger partial charge in [0.2, 0.25) is 0 Å². The first kappa shape index (κ1) is 23.2. The quantitative estimate of drug-likeness (QED) is 0.535. The number of carbonyl (C=O) groups is 2. The first-order valence-electron chi connectivity index (χ1n) is 10.6. The zero-order chi connectivity index (χ0) is 23.6. The van der Waals surface area contributed by atoms with Crippen molar-refractivity contribution in [2.75, 3.05) is 17.6 Å². The lowest BCUT2D eigenvalue weighted by Crippen LogP contribution is -2.30. The van der Waals surface area contributed by atoms with E-state index in [2.05, 4.69) is 22.3 Å². The Morgan fingerprint density at radius 2 is 1.88 bits per heavy atom. The molecule has 1 aliphatic heterocycles. The van der Waals surface area contributed by atoms with E-state index in [9.17, 15) is 18.0 Å². The van der Waals surface area contributed by atoms with E-state index in [0.717, 1.165) is 23.5 Å². The molecular formula is C24H25N3O4S2. The molecule has 0 atom stereocenters. The molecule has 0 aliphatic carbocycles. The zero-order valence-corrected chi connectivity index (χ0v) is 19.8. The van der Waals surface area contributed by atoms with Gasteiger partial charge < -0.3 is 11.1 Å². The summed E-state index contributed by atoms with van der Waals surface area (Å²) in [5, 5.41) is 3.20. The second kappa shape index (κ2) is 9.46. The third kappa shape index (κ3) is 5.00. The summed E-state index contributed by atoms with van der Waals surface area (Å²) < 4.78 is 24.4. The second-order valence-electron chi connectivity index (χ2n) is 7.90. The second-order valence-corrected chi connectivity index (χ2v) is 11.3. The summed E-state index contributed by atoms with van der Waals surface area (Å²) in [7, 11) is -3.44. The summed E-state index contributed by atoms with van der Waals surface area (Å²) in [5.74, 6) is -1.12. The van der Waals surface area contributed by atoms with E-state index >= 15 is 0 Å². The molecule has 4 rings (SSSR count). The summed E-state index contributed by atoms with van der Waals surface area (Å²) in [6, 6.07) is 16.1. The van der Waals surface area contributed by atoms with E-state index < -0.39 is 21.7 Å². The number of hydrogen-bond donors (Lipinski definition) is 2. The van der Waals surface area contributed by atoms with Crippen molar-refractivity contribution in [2.45, 2.75) is 31.3 Å². The standard InChI is InChI=1S/C24H25N3O4S2/c1-2-33(30,31)18-10-6-9-17(13-18)23(29)26-24-21(22(25)28)19-11-12-27(15-20(19)32-24)14-16-7-4-3-5-8-16/h3-10,13H,2,11-12,14-15H2,1H3,(H2,25,28)(H,26,29). The average Bonchev–Trinajstić information content (AvgIpc) is 3.17. The molecule has 0 saturated carbocycles. The van der Waals surface area contributed by atoms with Crippen LogP contribution in [0.25, 0.3) is 0 Å². The maximum atomic E-state index is 12.9. The minimum Gasteiger partial charge on any atom is -0.365 e. The summed E-state index contributed by atoms with van der Waals surface area (Å²) >= 11 is 1.35. The number of primary amides is 1. The predicted molar refractivity (Wildman–Crippen MR) is 129 cm³/mol. The molecule has 0 unspecified atom stereocenters. The number of nitrogens with zero attached hydrogens (tertiary/aromatic N) is 1. The Hall–Kier alpha value is -3.01. The summed E-state index contributed by atoms with van der Waals surface area (Å²) in [4.78, 5) is 28.6. The predicted octanol–water partition coefficient (Wildman–Crippen LogP) is 3.45. The Morgan fingerprint density at radius 1 is 1.12 bits per heavy atom. The van der Waals surface area contributed by atoms with Crippen molar-refractivity contribution in [1.82, 2.24) is 4.90 Å². The van der Waals surface area contributed by atoms with Crippen molar-refractivity contribution in [2.24, 2.45) is 5.73 Å². The molecule has 1 aliphatic rings. The Kier molecular flexibility index (Phi) is 6.64. The SMILES string of the molecule is CCS(=O)(=O)c1cccc(C(=O)Nc2sc3c(c2C(N)=O)CCN(Cc2ccccc2)C3)c1. The van der Waals surface area contributed by atoms with Gasteiger partial charge in [-0.15, -0.1) is 11.3 Å². The van der Waals surface area contributed by atoms with Crippen LogP contribution < -0.4 is 11.1 Å². The summed E-state index contributed by atoms with van der Waals surface area (Å²) in [5.41, 5.74) is 8.33. The average molecular weight is 484 g/mol. The Labute approximate surface area is 197 Å². The van der Waals surface area contributed by atoms with Gasteiger partial charge >= 0.3 is 0 Å². The van der Waals surface area contributed by atoms with Gasteiger partial charge in [-0.05, 0) is 35.7 Å². The number of nitrogens with one attached hydrogen (secondary N) is 1. The van der Waals surface area contributed by atoms with Crippen LogP contribution in [0.3, 0.4) is 0 Å². The van der Waals surface area contributed by atoms with Gasteiger partial charge in [0, 0.05) is 30.1 Å². The van der Waals surface area contributed by atoms with E-state index in [-0.39, 0.29) is 16.2 Å². The van der Waals surface area contributed by atoms with E-state index in [1.165, 1.54) is 35.1 Å². The maximum absolute atomic E-state index is 12.9. The van der Waals surface area contributed by atoms with Crippen LogP contribution in [0.5, 0.6) is 0 Å². The molecule has 0 spiro atoms. The number of sulfone groups is 1. The normalized spacial score (nSPS) is 14.0. The van der Waals surface area contributed by atoms with Crippen molar-refractivity contribution in [3.63, 3.8) is 0 Å². The molecule has 33 heavy (non-hydrogen) atoms. The van der Waals surface area contributed by atoms with Crippen molar-refractivity contribution >= 4 is 38.0 Å². The molecule has 1 aromatic heterocycles. The number of nitrogens with two attached hydrogens (primary N) is 1. The molecule has 2 amide bonds. The molecule has 2 aromatic carbocycles. The first-order chi connectivity index (χ1) is 15.8. The number of amides is 2. The molecule has 0 saturated heterocycles. The zero-order valence-electron chi connectivity index (χ0n) is 18.2. The van der Waals surface area contributed by atoms with Crippen LogP contribution in [0.1, 0.15) is 43.6 Å². The largest absolute Gasteiger partial charge is 0.365 e. The Bertz CT molecular complexity index is 1300. The van der Waals surface area contributed by atoms with Crippen molar-refractivity contribution in [3.8, 4) is 0 Å². The minimum absolute atomic E-state index is 0.0545. The smallest absolute Gasteiger partial charge is 0.256 e. The Morgan fingerprint density at radius 3 is 2.58 bits per heavy atom. The monoisotopic (exact) mass is 483 g/mol. The third-order valence-electron chi connectivity index (χ3n) is 5.69. The van der Waals surface area contributed by atoms with Gasteiger partial charge in [-0.1, -0.05) is 43.3 Å². The van der Waals surface area contributed by atoms with Crippen LogP contribution in [0.4, 0.5) is 5.00 Å². The minimum atomic E-state index is -3.44. The van der Waals surface area contributed by atoms with Gasteiger partial charge in [0.1, 0.15) is 5.00 Å². The van der Waals surface area contributed by atoms with Crippen molar-refractivity contribution in [3.05, 3.63) is 81.7 Å². The fourth-order valence-corrected chi connectivity index (χ4v) is 6.17. The van der Waals surface area contributed by atoms with E-state index in [0.29, 0.717) is 23.5 Å². The molecule has 2 heterocycles. The molecule has 0 fully saturated rings. The number of anilines is 1. The molecule has 3 aromatic rings. The van der Waals surface area contributed by atoms with Crippen LogP contribution in [0, 0.1) is 0 Å². The van der Waals surface area contributed by atoms with Gasteiger partial charge in [-0.3, -0.25) is 14.5 Å². The van der Waals surface area contributed by atoms with Crippen LogP contribution in [-0.4, -0.2) is 37.4 Å². The molecule has 0 bridgehead atoms. The topological polar surface area (TPSA) is 110 Å². The van der Waals surface area contributed by atoms with Gasteiger partial charge in [-0.25, -0.2) is 8.42 Å². The molecule has 7 nitrogen and oxygen atoms in total. The highest BCUT2D eigenvalue weighted by Gasteiger charge is 2.28. The van der Waals surface area contributed by atoms with Crippen LogP contribution in [-0.2, 0) is 29.3 Å². The van der Waals surface area contributed by atoms with E-state index in [4.69, 9.17) is 5.73 Å². The fraction of sp³-hybridized carbons (Fsp3) is 0.250. The van der Waals surface area contributed by atoms with Gasteiger partial charge in [0.05, 0.1) is 16.2 Å². The van der Waals surface area contributed by atoms with Crippen LogP contribution in [0.2, 0.25) is 0 Å². The van der Waals surface area contributed by atoms with E-state index in [1.807, 2.05) is 18.2 Å². The molecule has 9 heteroatoms. The van der Waals surface area contributed by atoms with Gasteiger partial charge in [0.25, 0.3) is 11.8 Å². The number of rotatable bonds is 7. The van der Waals surface area contributed by atoms with Gasteiger partial charge in [0.15, 0.2) is 9.84 Å². The number of benzene rings is 2. The molecule has 172 valence electrons. The maximum Gasteiger partial charge on any atom is 0.256 e. The van der Waals surface area contributed by atoms with E-state index in [1.54, 1.807) is 13.0 Å². The highest BCUT2D eigenvalue weighted by molar-refractivity contribution is 7.91. The van der Waals surface area contributed by atoms with Gasteiger partial charge in [-0.2, -0.15) is 0 Å². The highest BCUT2D eigenvalue weighted by atomic mass is 32.2. The number of thiophene rings is 1. The number of hydrogen-bond acceptors (Lipinski definition) is 6. The summed E-state index contributed by atoms with van der Waals surface area (Å²) in [6.45, 7) is 3.79. The molecule has 3 N–H and O–H groups in total. The molecular weight excluding hydrogens is 458 g/mol. The van der Waals surface area contributed by atoms with Crippen LogP contribution in [0.15, 0.2) is 59.5 Å². The summed E-state index contributed by atoms with van der Waals surface area (Å²) in [6.07, 6.45) is 0.664. The first-order valence-corrected chi connectivity index (χ1v) is 13.1. The lowest BCUT2D eigenvalue weighted by molar-refractivity contribution is 0.0999. The number of fused-ring (bicyclic) bond motifs is 1. The number of carbonyl (C=O) groups excluding carboxylic acids is 2. The Balaban J connectivity index is 1.58. The van der Waals surface area contributed by atoms with Crippen molar-refractivity contribution < 1.29 is 18.0 Å². The van der Waals surface area contributed by atoms with Crippen molar-refractivity contribution in [1.29, 1.82) is 0 Å². The fourth-order valence-electron chi connectivity index (χ4n) is 3.95. The van der Waals surface area contributed by atoms with Crippen LogP contribution >= 0.6 is 11.3 Å². The lowest BCUT2D eigenvalue weighted by atomic mass is 10.0. The third-order valence-corrected chi connectivity index (χ3v) is 8.56. The highest BCUT2D eigenvalue weighted by Crippen LogP contribution is 2.37.